The van der Waals surface area contributed by atoms with Crippen LogP contribution in [0.3, 0.4) is 0 Å². The third kappa shape index (κ3) is 9.48. The number of carbonyl (C=O) groups excluding carboxylic acids is 1. The largest absolute Gasteiger partial charge is 0.469 e. The van der Waals surface area contributed by atoms with E-state index in [4.69, 9.17) is 25.0 Å². The Bertz CT molecular complexity index is 995. The number of aromatic nitrogens is 2. The number of nitrogens with two attached hydrogens (primary N) is 2. The van der Waals surface area contributed by atoms with Crippen molar-refractivity contribution in [2.45, 2.75) is 51.4 Å². The molecule has 13 heteroatoms. The van der Waals surface area contributed by atoms with E-state index in [9.17, 15) is 18.4 Å². The number of halogens is 2. The third-order valence-electron chi connectivity index (χ3n) is 4.77. The highest BCUT2D eigenvalue weighted by molar-refractivity contribution is 7.44. The summed E-state index contributed by atoms with van der Waals surface area (Å²) in [5.74, 6) is -2.34. The van der Waals surface area contributed by atoms with Crippen molar-refractivity contribution in [3.05, 3.63) is 53.1 Å². The Morgan fingerprint density at radius 3 is 2.60 bits per heavy atom. The molecular formula is C22H31F2N4O6P. The second-order valence-corrected chi connectivity index (χ2v) is 9.12. The minimum atomic E-state index is -3.27. The number of nitrogen functional groups attached to an aromatic ring is 1. The molecule has 3 atom stereocenters. The number of hydrogen-bond donors (Lipinski definition) is 2. The Kier molecular flexibility index (Phi) is 11.0. The molecule has 194 valence electrons. The van der Waals surface area contributed by atoms with Gasteiger partial charge in [-0.1, -0.05) is 32.0 Å². The monoisotopic (exact) mass is 516 g/mol. The number of ether oxygens (including phenoxy) is 2. The van der Waals surface area contributed by atoms with Crippen LogP contribution in [-0.4, -0.2) is 41.3 Å². The van der Waals surface area contributed by atoms with Gasteiger partial charge in [-0.05, 0) is 30.5 Å². The van der Waals surface area contributed by atoms with Crippen LogP contribution in [0, 0.1) is 5.92 Å². The maximum absolute atomic E-state index is 14.2. The topological polar surface area (TPSA) is 141 Å². The average molecular weight is 516 g/mol. The van der Waals surface area contributed by atoms with Crippen molar-refractivity contribution in [1.29, 1.82) is 0 Å². The van der Waals surface area contributed by atoms with Gasteiger partial charge in [0, 0.05) is 19.0 Å². The van der Waals surface area contributed by atoms with Gasteiger partial charge in [-0.25, -0.2) is 13.6 Å². The molecule has 1 aliphatic rings. The lowest BCUT2D eigenvalue weighted by molar-refractivity contribution is -0.140. The minimum absolute atomic E-state index is 0.0562. The molecule has 0 saturated carbocycles. The van der Waals surface area contributed by atoms with Gasteiger partial charge in [-0.15, -0.1) is 0 Å². The number of para-hydroxylation sites is 1. The van der Waals surface area contributed by atoms with Crippen molar-refractivity contribution in [1.82, 2.24) is 9.55 Å². The first kappa shape index (κ1) is 28.6. The van der Waals surface area contributed by atoms with Crippen molar-refractivity contribution in [3.63, 3.8) is 0 Å². The molecule has 2 heterocycles. The highest BCUT2D eigenvalue weighted by Gasteiger charge is 2.52. The summed E-state index contributed by atoms with van der Waals surface area (Å²) < 4.78 is 49.6. The summed E-state index contributed by atoms with van der Waals surface area (Å²) >= 11 is 0. The van der Waals surface area contributed by atoms with Gasteiger partial charge in [0.05, 0.1) is 19.8 Å². The van der Waals surface area contributed by atoms with Gasteiger partial charge < -0.3 is 24.3 Å². The first-order valence-corrected chi connectivity index (χ1v) is 12.1. The van der Waals surface area contributed by atoms with Gasteiger partial charge >= 0.3 is 20.2 Å². The summed E-state index contributed by atoms with van der Waals surface area (Å²) in [6.45, 7) is 3.98. The molecule has 1 saturated heterocycles. The van der Waals surface area contributed by atoms with Crippen LogP contribution in [0.25, 0.3) is 0 Å². The van der Waals surface area contributed by atoms with Gasteiger partial charge in [0.1, 0.15) is 11.6 Å². The number of esters is 1. The number of benzene rings is 1. The second kappa shape index (κ2) is 13.4. The van der Waals surface area contributed by atoms with Gasteiger partial charge in [-0.2, -0.15) is 4.98 Å². The summed E-state index contributed by atoms with van der Waals surface area (Å²) in [7, 11) is -0.386. The molecule has 2 unspecified atom stereocenters. The number of nitrogens with zero attached hydrogens (tertiary/aromatic N) is 2. The molecule has 0 bridgehead atoms. The zero-order valence-corrected chi connectivity index (χ0v) is 20.7. The van der Waals surface area contributed by atoms with E-state index in [0.29, 0.717) is 22.7 Å². The molecule has 0 aliphatic carbocycles. The van der Waals surface area contributed by atoms with E-state index in [0.717, 1.165) is 12.6 Å². The van der Waals surface area contributed by atoms with Crippen LogP contribution in [0.5, 0.6) is 5.75 Å². The van der Waals surface area contributed by atoms with Gasteiger partial charge in [0.15, 0.2) is 0 Å². The van der Waals surface area contributed by atoms with E-state index < -0.39 is 38.9 Å². The fraction of sp³-hybridized carbons (Fsp3) is 0.500. The zero-order valence-electron chi connectivity index (χ0n) is 19.8. The normalized spacial score (nSPS) is 19.5. The van der Waals surface area contributed by atoms with E-state index in [1.54, 1.807) is 24.3 Å². The lowest BCUT2D eigenvalue weighted by atomic mass is 10.1. The predicted octanol–water partition coefficient (Wildman–Crippen LogP) is 3.63. The maximum Gasteiger partial charge on any atom is 0.351 e. The molecule has 3 rings (SSSR count). The highest BCUT2D eigenvalue weighted by Crippen LogP contribution is 2.43. The lowest BCUT2D eigenvalue weighted by Gasteiger charge is -2.19. The Labute approximate surface area is 203 Å². The van der Waals surface area contributed by atoms with Crippen LogP contribution in [0.4, 0.5) is 14.6 Å². The average Bonchev–Trinajstić information content (AvgIpc) is 3.11. The molecule has 0 spiro atoms. The SMILES string of the molecule is COC(=O)CCC(C)C.Nc1ccn([C@@H]2OC(COP(N)Oc3ccccc3)CC2(F)F)c(=O)n1. The summed E-state index contributed by atoms with van der Waals surface area (Å²) in [6, 6.07) is 9.99. The molecule has 10 nitrogen and oxygen atoms in total. The van der Waals surface area contributed by atoms with Gasteiger partial charge in [0.2, 0.25) is 6.23 Å². The Balaban J connectivity index is 0.000000410. The lowest BCUT2D eigenvalue weighted by Crippen LogP contribution is -2.35. The van der Waals surface area contributed by atoms with Crippen molar-refractivity contribution < 1.29 is 32.1 Å². The second-order valence-electron chi connectivity index (χ2n) is 8.11. The summed E-state index contributed by atoms with van der Waals surface area (Å²) in [5.41, 5.74) is 10.2. The summed E-state index contributed by atoms with van der Waals surface area (Å²) in [6.07, 6.45) is -0.756. The van der Waals surface area contributed by atoms with E-state index >= 15 is 0 Å². The molecule has 1 fully saturated rings. The Morgan fingerprint density at radius 1 is 1.31 bits per heavy atom. The van der Waals surface area contributed by atoms with Gasteiger partial charge in [0.25, 0.3) is 5.92 Å². The molecule has 0 radical (unpaired) electrons. The van der Waals surface area contributed by atoms with Crippen LogP contribution in [0.15, 0.2) is 47.4 Å². The first-order chi connectivity index (χ1) is 16.5. The van der Waals surface area contributed by atoms with Crippen LogP contribution in [0.1, 0.15) is 39.3 Å². The smallest absolute Gasteiger partial charge is 0.351 e. The van der Waals surface area contributed by atoms with E-state index in [1.807, 2.05) is 6.07 Å². The molecule has 1 aliphatic heterocycles. The molecule has 1 aromatic heterocycles. The number of anilines is 1. The van der Waals surface area contributed by atoms with Gasteiger partial charge in [-0.3, -0.25) is 14.9 Å². The number of alkyl halides is 2. The quantitative estimate of drug-likeness (QED) is 0.378. The van der Waals surface area contributed by atoms with Crippen LogP contribution in [0.2, 0.25) is 0 Å². The number of methoxy groups -OCH3 is 1. The predicted molar refractivity (Wildman–Crippen MR) is 127 cm³/mol. The van der Waals surface area contributed by atoms with Crippen LogP contribution in [-0.2, 0) is 18.8 Å². The number of rotatable bonds is 9. The Hall–Kier alpha value is -2.66. The molecule has 35 heavy (non-hydrogen) atoms. The molecule has 0 amide bonds. The van der Waals surface area contributed by atoms with E-state index in [2.05, 4.69) is 23.6 Å². The maximum atomic E-state index is 14.2. The van der Waals surface area contributed by atoms with E-state index in [1.165, 1.54) is 13.2 Å². The first-order valence-electron chi connectivity index (χ1n) is 10.9. The van der Waals surface area contributed by atoms with Crippen LogP contribution < -0.4 is 21.5 Å². The fourth-order valence-corrected chi connectivity index (χ4v) is 3.68. The fourth-order valence-electron chi connectivity index (χ4n) is 2.98. The van der Waals surface area contributed by atoms with Crippen molar-refractivity contribution in [2.75, 3.05) is 19.5 Å². The van der Waals surface area contributed by atoms with Crippen molar-refractivity contribution in [2.24, 2.45) is 11.4 Å². The highest BCUT2D eigenvalue weighted by atomic mass is 31.2. The van der Waals surface area contributed by atoms with Crippen LogP contribution >= 0.6 is 8.53 Å². The third-order valence-corrected chi connectivity index (χ3v) is 5.56. The Morgan fingerprint density at radius 2 is 2.00 bits per heavy atom. The standard InChI is InChI=1S/C15H17F2N4O4P.C7H14O2/c16-15(17)8-11(9-23-26(19)25-10-4-2-1-3-5-10)24-13(15)21-7-6-12(18)20-14(21)22;1-6(2)4-5-7(8)9-3/h1-7,11,13H,8-9,19H2,(H2,18,20,22);6H,4-5H2,1-3H3/t11?,13-,26?;/m1./s1. The molecule has 1 aromatic carbocycles. The number of carbonyl (C=O) groups is 1. The summed E-state index contributed by atoms with van der Waals surface area (Å²) in [5, 5.41) is 0. The molecular weight excluding hydrogens is 485 g/mol. The van der Waals surface area contributed by atoms with E-state index in [-0.39, 0.29) is 18.4 Å². The van der Waals surface area contributed by atoms with Crippen molar-refractivity contribution >= 4 is 20.3 Å². The number of hydrogen-bond acceptors (Lipinski definition) is 9. The zero-order chi connectivity index (χ0) is 26.0. The molecule has 2 aromatic rings. The molecule has 4 N–H and O–H groups in total. The summed E-state index contributed by atoms with van der Waals surface area (Å²) in [4.78, 5) is 25.7. The minimum Gasteiger partial charge on any atom is -0.469 e. The van der Waals surface area contributed by atoms with Crippen molar-refractivity contribution in [3.8, 4) is 5.75 Å².